The zero-order valence-electron chi connectivity index (χ0n) is 24.3. The van der Waals surface area contributed by atoms with Gasteiger partial charge in [0, 0.05) is 69.0 Å². The van der Waals surface area contributed by atoms with E-state index in [0.29, 0.717) is 34.2 Å². The van der Waals surface area contributed by atoms with Crippen LogP contribution in [-0.4, -0.2) is 73.4 Å². The number of amides is 1. The summed E-state index contributed by atoms with van der Waals surface area (Å²) in [4.78, 5) is 36.2. The number of aromatic nitrogens is 5. The summed E-state index contributed by atoms with van der Waals surface area (Å²) in [5.74, 6) is 1.06. The number of carbonyl (C=O) groups excluding carboxylic acids is 1. The van der Waals surface area contributed by atoms with Crippen molar-refractivity contribution in [3.8, 4) is 23.0 Å². The molecule has 0 saturated carbocycles. The quantitative estimate of drug-likeness (QED) is 0.301. The van der Waals surface area contributed by atoms with Gasteiger partial charge in [0.25, 0.3) is 11.8 Å². The Hall–Kier alpha value is -4.67. The van der Waals surface area contributed by atoms with Crippen molar-refractivity contribution in [2.24, 2.45) is 7.05 Å². The van der Waals surface area contributed by atoms with Crippen LogP contribution in [0.25, 0.3) is 22.6 Å². The standard InChI is InChI=1S/C32H34N8O2/c1-21-7-10-26(42-32-28-30(39(4)20-34-28)36-29(37-32)23-6-5-11-33-18-23)17-27(21)31(41)35-25-9-8-24(22(2)16-25)19-40-14-12-38(3)13-15-40/h5-11,16-18,20H,12-15,19H2,1-4H3,(H,35,41). The molecule has 1 aliphatic rings. The number of ether oxygens (including phenoxy) is 1. The maximum absolute atomic E-state index is 13.4. The number of fused-ring (bicyclic) bond motifs is 1. The summed E-state index contributed by atoms with van der Waals surface area (Å²) >= 11 is 0. The molecule has 1 saturated heterocycles. The lowest BCUT2D eigenvalue weighted by Crippen LogP contribution is -2.43. The Morgan fingerprint density at radius 1 is 0.976 bits per heavy atom. The van der Waals surface area contributed by atoms with Gasteiger partial charge in [-0.2, -0.15) is 4.98 Å². The lowest BCUT2D eigenvalue weighted by molar-refractivity contribution is 0.102. The first kappa shape index (κ1) is 27.5. The summed E-state index contributed by atoms with van der Waals surface area (Å²) in [6.45, 7) is 9.23. The SMILES string of the molecule is Cc1cc(NC(=O)c2cc(Oc3nc(-c4cccnc4)nc4c3ncn4C)ccc2C)ccc1CN1CCN(C)CC1. The fourth-order valence-electron chi connectivity index (χ4n) is 5.09. The van der Waals surface area contributed by atoms with E-state index in [1.165, 1.54) is 5.56 Å². The van der Waals surface area contributed by atoms with Crippen molar-refractivity contribution in [2.45, 2.75) is 20.4 Å². The number of rotatable bonds is 7. The molecule has 6 rings (SSSR count). The number of carbonyl (C=O) groups is 1. The van der Waals surface area contributed by atoms with Gasteiger partial charge in [0.05, 0.1) is 6.33 Å². The van der Waals surface area contributed by atoms with Gasteiger partial charge in [-0.25, -0.2) is 9.97 Å². The highest BCUT2D eigenvalue weighted by molar-refractivity contribution is 6.05. The topological polar surface area (TPSA) is 101 Å². The molecule has 42 heavy (non-hydrogen) atoms. The molecule has 4 heterocycles. The second-order valence-corrected chi connectivity index (χ2v) is 10.9. The predicted octanol–water partition coefficient (Wildman–Crippen LogP) is 4.83. The summed E-state index contributed by atoms with van der Waals surface area (Å²) in [6, 6.07) is 15.3. The van der Waals surface area contributed by atoms with Crippen molar-refractivity contribution in [3.63, 3.8) is 0 Å². The summed E-state index contributed by atoms with van der Waals surface area (Å²) in [5.41, 5.74) is 6.49. The number of pyridine rings is 1. The Kier molecular flexibility index (Phi) is 7.64. The number of anilines is 1. The molecule has 0 bridgehead atoms. The van der Waals surface area contributed by atoms with Crippen molar-refractivity contribution in [3.05, 3.63) is 89.5 Å². The highest BCUT2D eigenvalue weighted by Crippen LogP contribution is 2.30. The summed E-state index contributed by atoms with van der Waals surface area (Å²) in [6.07, 6.45) is 5.08. The number of benzene rings is 2. The molecule has 1 amide bonds. The third-order valence-corrected chi connectivity index (χ3v) is 7.71. The molecule has 1 aliphatic heterocycles. The molecular formula is C32H34N8O2. The van der Waals surface area contributed by atoms with Gasteiger partial charge in [-0.15, -0.1) is 0 Å². The maximum Gasteiger partial charge on any atom is 0.256 e. The first-order chi connectivity index (χ1) is 20.3. The Labute approximate surface area is 245 Å². The van der Waals surface area contributed by atoms with E-state index >= 15 is 0 Å². The van der Waals surface area contributed by atoms with E-state index in [1.807, 2.05) is 54.9 Å². The van der Waals surface area contributed by atoms with E-state index in [2.05, 4.69) is 55.1 Å². The maximum atomic E-state index is 13.4. The minimum absolute atomic E-state index is 0.203. The van der Waals surface area contributed by atoms with Crippen LogP contribution in [0.4, 0.5) is 5.69 Å². The van der Waals surface area contributed by atoms with Crippen molar-refractivity contribution in [1.29, 1.82) is 0 Å². The third kappa shape index (κ3) is 5.86. The van der Waals surface area contributed by atoms with Gasteiger partial charge in [-0.05, 0) is 74.0 Å². The molecule has 10 nitrogen and oxygen atoms in total. The van der Waals surface area contributed by atoms with Gasteiger partial charge in [0.1, 0.15) is 5.75 Å². The van der Waals surface area contributed by atoms with E-state index < -0.39 is 0 Å². The summed E-state index contributed by atoms with van der Waals surface area (Å²) in [7, 11) is 4.03. The lowest BCUT2D eigenvalue weighted by Gasteiger charge is -2.32. The molecule has 0 spiro atoms. The van der Waals surface area contributed by atoms with Gasteiger partial charge in [0.2, 0.25) is 0 Å². The second-order valence-electron chi connectivity index (χ2n) is 10.9. The van der Waals surface area contributed by atoms with Crippen LogP contribution < -0.4 is 10.1 Å². The first-order valence-electron chi connectivity index (χ1n) is 14.0. The molecule has 2 aromatic carbocycles. The number of hydrogen-bond acceptors (Lipinski definition) is 8. The van der Waals surface area contributed by atoms with Gasteiger partial charge >= 0.3 is 0 Å². The van der Waals surface area contributed by atoms with Crippen molar-refractivity contribution in [1.82, 2.24) is 34.3 Å². The van der Waals surface area contributed by atoms with E-state index in [1.54, 1.807) is 24.8 Å². The van der Waals surface area contributed by atoms with Crippen LogP contribution in [0.2, 0.25) is 0 Å². The Morgan fingerprint density at radius 2 is 1.81 bits per heavy atom. The highest BCUT2D eigenvalue weighted by atomic mass is 16.5. The molecule has 5 aromatic rings. The summed E-state index contributed by atoms with van der Waals surface area (Å²) in [5, 5.41) is 3.07. The van der Waals surface area contributed by atoms with Gasteiger partial charge in [-0.1, -0.05) is 12.1 Å². The monoisotopic (exact) mass is 562 g/mol. The Morgan fingerprint density at radius 3 is 2.57 bits per heavy atom. The highest BCUT2D eigenvalue weighted by Gasteiger charge is 2.18. The van der Waals surface area contributed by atoms with E-state index in [-0.39, 0.29) is 5.91 Å². The molecule has 0 atom stereocenters. The predicted molar refractivity (Wildman–Crippen MR) is 163 cm³/mol. The van der Waals surface area contributed by atoms with Crippen LogP contribution in [0.3, 0.4) is 0 Å². The zero-order chi connectivity index (χ0) is 29.2. The average molecular weight is 563 g/mol. The number of nitrogens with one attached hydrogen (secondary N) is 1. The molecule has 1 fully saturated rings. The fraction of sp³-hybridized carbons (Fsp3) is 0.281. The number of aryl methyl sites for hydroxylation is 3. The molecule has 3 aromatic heterocycles. The van der Waals surface area contributed by atoms with Crippen molar-refractivity contribution >= 4 is 22.8 Å². The minimum Gasteiger partial charge on any atom is -0.437 e. The Bertz CT molecular complexity index is 1740. The van der Waals surface area contributed by atoms with E-state index in [9.17, 15) is 4.79 Å². The third-order valence-electron chi connectivity index (χ3n) is 7.71. The average Bonchev–Trinajstić information content (AvgIpc) is 3.37. The number of imidazole rings is 1. The summed E-state index contributed by atoms with van der Waals surface area (Å²) < 4.78 is 8.06. The number of likely N-dealkylation sites (N-methyl/N-ethyl adjacent to an activating group) is 1. The molecule has 214 valence electrons. The van der Waals surface area contributed by atoms with Crippen LogP contribution >= 0.6 is 0 Å². The lowest BCUT2D eigenvalue weighted by atomic mass is 10.1. The fourth-order valence-corrected chi connectivity index (χ4v) is 5.09. The van der Waals surface area contributed by atoms with E-state index in [4.69, 9.17) is 4.74 Å². The molecule has 0 radical (unpaired) electrons. The smallest absolute Gasteiger partial charge is 0.256 e. The largest absolute Gasteiger partial charge is 0.437 e. The Balaban J connectivity index is 1.21. The van der Waals surface area contributed by atoms with Crippen LogP contribution in [0, 0.1) is 13.8 Å². The molecule has 1 N–H and O–H groups in total. The first-order valence-corrected chi connectivity index (χ1v) is 14.0. The van der Waals surface area contributed by atoms with Gasteiger partial charge in [-0.3, -0.25) is 14.7 Å². The van der Waals surface area contributed by atoms with Crippen LogP contribution in [0.5, 0.6) is 11.6 Å². The van der Waals surface area contributed by atoms with Crippen molar-refractivity contribution < 1.29 is 9.53 Å². The van der Waals surface area contributed by atoms with Crippen LogP contribution in [-0.2, 0) is 13.6 Å². The number of hydrogen-bond donors (Lipinski definition) is 1. The van der Waals surface area contributed by atoms with Crippen molar-refractivity contribution in [2.75, 3.05) is 38.5 Å². The van der Waals surface area contributed by atoms with Gasteiger partial charge < -0.3 is 19.5 Å². The number of piperazine rings is 1. The molecule has 10 heteroatoms. The normalized spacial score (nSPS) is 14.3. The zero-order valence-corrected chi connectivity index (χ0v) is 24.3. The van der Waals surface area contributed by atoms with Gasteiger partial charge in [0.15, 0.2) is 17.0 Å². The number of nitrogens with zero attached hydrogens (tertiary/aromatic N) is 7. The molecule has 0 aliphatic carbocycles. The minimum atomic E-state index is -0.203. The van der Waals surface area contributed by atoms with Crippen LogP contribution in [0.1, 0.15) is 27.0 Å². The second kappa shape index (κ2) is 11.7. The van der Waals surface area contributed by atoms with Crippen LogP contribution in [0.15, 0.2) is 67.3 Å². The molecular weight excluding hydrogens is 528 g/mol. The van der Waals surface area contributed by atoms with E-state index in [0.717, 1.165) is 55.1 Å². The molecule has 0 unspecified atom stereocenters.